The molecule has 40 heavy (non-hydrogen) atoms. The van der Waals surface area contributed by atoms with Gasteiger partial charge in [0.25, 0.3) is 0 Å². The van der Waals surface area contributed by atoms with Gasteiger partial charge < -0.3 is 21.3 Å². The lowest BCUT2D eigenvalue weighted by Gasteiger charge is -2.35. The molecule has 2 aromatic heterocycles. The fourth-order valence-electron chi connectivity index (χ4n) is 5.11. The average molecular weight is 618 g/mol. The number of anilines is 4. The lowest BCUT2D eigenvalue weighted by atomic mass is 9.99. The van der Waals surface area contributed by atoms with Gasteiger partial charge in [-0.05, 0) is 75.7 Å². The minimum atomic E-state index is -0.492. The van der Waals surface area contributed by atoms with Crippen molar-refractivity contribution < 1.29 is 8.78 Å². The van der Waals surface area contributed by atoms with Gasteiger partial charge in [-0.2, -0.15) is 0 Å². The third kappa shape index (κ3) is 4.36. The van der Waals surface area contributed by atoms with Crippen LogP contribution in [-0.4, -0.2) is 43.6 Å². The van der Waals surface area contributed by atoms with Crippen molar-refractivity contribution in [3.8, 4) is 11.4 Å². The summed E-state index contributed by atoms with van der Waals surface area (Å²) in [6.45, 7) is 11.6. The molecule has 6 rings (SSSR count). The Morgan fingerprint density at radius 1 is 0.775 bits per heavy atom. The summed E-state index contributed by atoms with van der Waals surface area (Å²) >= 11 is 3.40. The maximum Gasteiger partial charge on any atom is 0.162 e. The Labute approximate surface area is 241 Å². The molecule has 0 aliphatic carbocycles. The van der Waals surface area contributed by atoms with Gasteiger partial charge >= 0.3 is 0 Å². The average Bonchev–Trinajstić information content (AvgIpc) is 3.45. The van der Waals surface area contributed by atoms with Crippen LogP contribution < -0.4 is 21.3 Å². The van der Waals surface area contributed by atoms with E-state index in [1.807, 2.05) is 57.7 Å². The van der Waals surface area contributed by atoms with Crippen molar-refractivity contribution in [2.24, 2.45) is 0 Å². The minimum Gasteiger partial charge on any atom is -0.386 e. The van der Waals surface area contributed by atoms with Gasteiger partial charge in [-0.25, -0.2) is 8.78 Å². The summed E-state index contributed by atoms with van der Waals surface area (Å²) in [7, 11) is 3.62. The molecule has 2 aliphatic rings. The van der Waals surface area contributed by atoms with Crippen LogP contribution in [0.25, 0.3) is 11.4 Å². The van der Waals surface area contributed by atoms with Crippen LogP contribution in [0, 0.1) is 25.5 Å². The second-order valence-corrected chi connectivity index (χ2v) is 11.4. The molecule has 4 N–H and O–H groups in total. The summed E-state index contributed by atoms with van der Waals surface area (Å²) in [6.07, 6.45) is 0. The Balaban J connectivity index is 0.000000181. The zero-order chi connectivity index (χ0) is 28.4. The van der Waals surface area contributed by atoms with E-state index in [1.165, 1.54) is 12.1 Å². The number of halogens is 3. The van der Waals surface area contributed by atoms with Crippen LogP contribution >= 0.6 is 15.9 Å². The van der Waals surface area contributed by atoms with Gasteiger partial charge in [0.15, 0.2) is 11.6 Å². The third-order valence-corrected chi connectivity index (χ3v) is 7.57. The molecule has 0 amide bonds. The highest BCUT2D eigenvalue weighted by atomic mass is 79.9. The summed E-state index contributed by atoms with van der Waals surface area (Å²) in [5.74, 6) is 2.42. The van der Waals surface area contributed by atoms with Crippen LogP contribution in [0.4, 0.5) is 31.5 Å². The van der Waals surface area contributed by atoms with E-state index in [0.717, 1.165) is 40.4 Å². The number of nitrogens with zero attached hydrogens (tertiary/aromatic N) is 6. The van der Waals surface area contributed by atoms with Gasteiger partial charge in [0.2, 0.25) is 0 Å². The summed E-state index contributed by atoms with van der Waals surface area (Å²) in [5.41, 5.74) is 3.05. The fraction of sp³-hybridized carbons (Fsp3) is 0.407. The molecule has 0 atom stereocenters. The summed E-state index contributed by atoms with van der Waals surface area (Å²) < 4.78 is 32.9. The van der Waals surface area contributed by atoms with Gasteiger partial charge in [0, 0.05) is 18.6 Å². The number of hydrogen-bond acceptors (Lipinski definition) is 8. The Bertz CT molecular complexity index is 1610. The lowest BCUT2D eigenvalue weighted by Crippen LogP contribution is -2.36. The van der Waals surface area contributed by atoms with Gasteiger partial charge in [0.05, 0.1) is 45.2 Å². The van der Waals surface area contributed by atoms with Crippen LogP contribution in [-0.2, 0) is 11.1 Å². The zero-order valence-corrected chi connectivity index (χ0v) is 24.6. The normalized spacial score (nSPS) is 15.0. The van der Waals surface area contributed by atoms with Crippen LogP contribution in [0.15, 0.2) is 22.7 Å². The van der Waals surface area contributed by atoms with Crippen molar-refractivity contribution in [2.75, 3.05) is 35.4 Å². The molecule has 4 heterocycles. The van der Waals surface area contributed by atoms with Crippen molar-refractivity contribution >= 4 is 38.7 Å². The molecule has 0 fully saturated rings. The second kappa shape index (κ2) is 10.0. The number of fused-ring (bicyclic) bond motifs is 6. The van der Waals surface area contributed by atoms with Gasteiger partial charge in [-0.15, -0.1) is 20.4 Å². The molecule has 2 aromatic carbocycles. The Hall–Kier alpha value is -3.74. The summed E-state index contributed by atoms with van der Waals surface area (Å²) in [4.78, 5) is 0. The largest absolute Gasteiger partial charge is 0.386 e. The Morgan fingerprint density at radius 3 is 1.77 bits per heavy atom. The van der Waals surface area contributed by atoms with Crippen LogP contribution in [0.3, 0.4) is 0 Å². The van der Waals surface area contributed by atoms with E-state index < -0.39 is 11.1 Å². The number of rotatable bonds is 2. The molecule has 2 aliphatic heterocycles. The minimum absolute atomic E-state index is 0. The molecule has 214 valence electrons. The molecule has 0 saturated heterocycles. The third-order valence-electron chi connectivity index (χ3n) is 6.94. The van der Waals surface area contributed by atoms with E-state index in [2.05, 4.69) is 57.6 Å². The fourth-order valence-corrected chi connectivity index (χ4v) is 5.70. The molecule has 0 saturated carbocycles. The number of benzene rings is 2. The molecule has 13 heteroatoms. The first kappa shape index (κ1) is 29.2. The highest BCUT2D eigenvalue weighted by Gasteiger charge is 2.38. The van der Waals surface area contributed by atoms with Gasteiger partial charge in [0.1, 0.15) is 23.3 Å². The molecule has 0 spiro atoms. The van der Waals surface area contributed by atoms with Crippen molar-refractivity contribution in [2.45, 2.75) is 60.0 Å². The molecular weight excluding hydrogens is 582 g/mol. The van der Waals surface area contributed by atoms with E-state index in [-0.39, 0.29) is 19.1 Å². The number of hydrogen-bond donors (Lipinski definition) is 4. The highest BCUT2D eigenvalue weighted by molar-refractivity contribution is 9.10. The Morgan fingerprint density at radius 2 is 1.27 bits per heavy atom. The predicted octanol–water partition coefficient (Wildman–Crippen LogP) is 6.23. The number of aromatic nitrogens is 6. The van der Waals surface area contributed by atoms with Crippen molar-refractivity contribution in [3.05, 3.63) is 57.6 Å². The monoisotopic (exact) mass is 616 g/mol. The maximum atomic E-state index is 14.3. The smallest absolute Gasteiger partial charge is 0.162 e. The first-order valence-corrected chi connectivity index (χ1v) is 13.2. The summed E-state index contributed by atoms with van der Waals surface area (Å²) in [5, 5.41) is 29.3. The van der Waals surface area contributed by atoms with Crippen molar-refractivity contribution in [3.63, 3.8) is 0 Å². The molecular formula is C27H35BrF2N10. The molecule has 0 bridgehead atoms. The molecule has 0 unspecified atom stereocenters. The Kier molecular flexibility index (Phi) is 7.33. The van der Waals surface area contributed by atoms with E-state index in [9.17, 15) is 8.78 Å². The first-order chi connectivity index (χ1) is 18.3. The number of nitrogens with one attached hydrogen (secondary N) is 4. The van der Waals surface area contributed by atoms with Gasteiger partial charge in [-0.3, -0.25) is 9.13 Å². The maximum absolute atomic E-state index is 14.3. The zero-order valence-electron chi connectivity index (χ0n) is 23.0. The van der Waals surface area contributed by atoms with E-state index in [4.69, 9.17) is 0 Å². The van der Waals surface area contributed by atoms with E-state index >= 15 is 0 Å². The molecule has 0 radical (unpaired) electrons. The standard InChI is InChI=1S/C13H15BrFN5.C13H16FN5.CH4/c1-6-18-19-12-13(2,3)17-10-8(15)5-7(14)9(16-4)11(10)20(6)12;1-7-17-18-12-13(2,3)16-10-8(14)5-6-9(15-4)11(10)19(7)12;/h5,16-17H,1-4H3;5-6,15-16H,1-4H3;1H4. The van der Waals surface area contributed by atoms with Crippen molar-refractivity contribution in [1.82, 2.24) is 29.5 Å². The van der Waals surface area contributed by atoms with E-state index in [1.54, 1.807) is 13.1 Å². The van der Waals surface area contributed by atoms with Gasteiger partial charge in [-0.1, -0.05) is 7.43 Å². The van der Waals surface area contributed by atoms with Crippen molar-refractivity contribution in [1.29, 1.82) is 0 Å². The topological polar surface area (TPSA) is 110 Å². The summed E-state index contributed by atoms with van der Waals surface area (Å²) in [6, 6.07) is 4.63. The van der Waals surface area contributed by atoms with Crippen LogP contribution in [0.2, 0.25) is 0 Å². The number of aryl methyl sites for hydroxylation is 2. The second-order valence-electron chi connectivity index (χ2n) is 10.6. The van der Waals surface area contributed by atoms with Crippen LogP contribution in [0.1, 0.15) is 58.4 Å². The predicted molar refractivity (Wildman–Crippen MR) is 159 cm³/mol. The van der Waals surface area contributed by atoms with Crippen LogP contribution in [0.5, 0.6) is 0 Å². The quantitative estimate of drug-likeness (QED) is 0.210. The first-order valence-electron chi connectivity index (χ1n) is 12.4. The molecule has 4 aromatic rings. The van der Waals surface area contributed by atoms with E-state index in [0.29, 0.717) is 21.5 Å². The lowest BCUT2D eigenvalue weighted by molar-refractivity contribution is 0.522. The highest BCUT2D eigenvalue weighted by Crippen LogP contribution is 2.45. The molecule has 10 nitrogen and oxygen atoms in total. The SMILES string of the molecule is C.CNc1c(Br)cc(F)c2c1-n1c(C)nnc1C(C)(C)N2.CNc1ccc(F)c2c1-n1c(C)nnc1C(C)(C)N2.